The van der Waals surface area contributed by atoms with Gasteiger partial charge in [0.15, 0.2) is 8.29 Å². The lowest BCUT2D eigenvalue weighted by atomic mass is 10.3. The molecular weight excluding hydrogens is 370 g/mol. The number of benzene rings is 2. The summed E-state index contributed by atoms with van der Waals surface area (Å²) in [5.74, 6) is 0.0311. The van der Waals surface area contributed by atoms with Gasteiger partial charge in [0.2, 0.25) is 5.91 Å². The van der Waals surface area contributed by atoms with Gasteiger partial charge in [-0.15, -0.1) is 5.10 Å². The Kier molecular flexibility index (Phi) is 5.67. The Morgan fingerprint density at radius 1 is 1.16 bits per heavy atom. The lowest BCUT2D eigenvalue weighted by Crippen LogP contribution is -2.33. The summed E-state index contributed by atoms with van der Waals surface area (Å²) in [5.41, 5.74) is 1.80. The molecule has 0 spiro atoms. The number of anilines is 1. The summed E-state index contributed by atoms with van der Waals surface area (Å²) in [6.07, 6.45) is 0. The Labute approximate surface area is 160 Å². The fourth-order valence-electron chi connectivity index (χ4n) is 2.29. The van der Waals surface area contributed by atoms with Gasteiger partial charge in [-0.3, -0.25) is 4.79 Å². The normalized spacial score (nSPS) is 11.9. The first-order valence-electron chi connectivity index (χ1n) is 7.71. The van der Waals surface area contributed by atoms with E-state index in [0.717, 1.165) is 15.7 Å². The standard InChI is InChI=1S/C18H17N3OS3/c1-13(16(22)20(2)14-9-5-3-6-10-14)24-17-19-21(18(23)25-17)15-11-7-4-8-12-15/h3-13H,1-2H3/t13-/m1/s1. The third-order valence-electron chi connectivity index (χ3n) is 3.63. The van der Waals surface area contributed by atoms with Crippen LogP contribution in [0.2, 0.25) is 0 Å². The molecule has 25 heavy (non-hydrogen) atoms. The van der Waals surface area contributed by atoms with Gasteiger partial charge < -0.3 is 4.90 Å². The number of carbonyl (C=O) groups excluding carboxylic acids is 1. The maximum atomic E-state index is 12.7. The van der Waals surface area contributed by atoms with E-state index in [2.05, 4.69) is 5.10 Å². The minimum atomic E-state index is -0.255. The molecule has 0 aliphatic rings. The van der Waals surface area contributed by atoms with E-state index in [9.17, 15) is 4.79 Å². The summed E-state index contributed by atoms with van der Waals surface area (Å²) in [4.78, 5) is 14.3. The molecule has 3 rings (SSSR count). The van der Waals surface area contributed by atoms with Gasteiger partial charge in [0.05, 0.1) is 10.9 Å². The zero-order chi connectivity index (χ0) is 17.8. The summed E-state index contributed by atoms with van der Waals surface area (Å²) < 4.78 is 3.20. The fourth-order valence-corrected chi connectivity index (χ4v) is 4.89. The highest BCUT2D eigenvalue weighted by molar-refractivity contribution is 8.02. The Morgan fingerprint density at radius 2 is 1.76 bits per heavy atom. The van der Waals surface area contributed by atoms with Gasteiger partial charge in [-0.05, 0) is 43.4 Å². The van der Waals surface area contributed by atoms with E-state index in [1.54, 1.807) is 16.6 Å². The summed E-state index contributed by atoms with van der Waals surface area (Å²) >= 11 is 8.27. The smallest absolute Gasteiger partial charge is 0.240 e. The topological polar surface area (TPSA) is 38.1 Å². The predicted molar refractivity (Wildman–Crippen MR) is 107 cm³/mol. The lowest BCUT2D eigenvalue weighted by Gasteiger charge is -2.20. The van der Waals surface area contributed by atoms with Crippen LogP contribution in [0.1, 0.15) is 6.92 Å². The molecule has 0 saturated carbocycles. The molecule has 0 aliphatic heterocycles. The number of hydrogen-bond acceptors (Lipinski definition) is 5. The zero-order valence-electron chi connectivity index (χ0n) is 13.8. The Morgan fingerprint density at radius 3 is 2.40 bits per heavy atom. The second-order valence-electron chi connectivity index (χ2n) is 5.37. The molecular formula is C18H17N3OS3. The van der Waals surface area contributed by atoms with Crippen LogP contribution in [-0.4, -0.2) is 28.0 Å². The van der Waals surface area contributed by atoms with Crippen LogP contribution in [0.15, 0.2) is 65.0 Å². The molecule has 4 nitrogen and oxygen atoms in total. The van der Waals surface area contributed by atoms with Crippen molar-refractivity contribution in [1.29, 1.82) is 0 Å². The Hall–Kier alpha value is -1.96. The minimum Gasteiger partial charge on any atom is -0.315 e. The summed E-state index contributed by atoms with van der Waals surface area (Å²) in [5, 5.41) is 4.30. The average Bonchev–Trinajstić information content (AvgIpc) is 3.02. The number of nitrogens with zero attached hydrogens (tertiary/aromatic N) is 3. The highest BCUT2D eigenvalue weighted by atomic mass is 32.2. The number of rotatable bonds is 5. The summed E-state index contributed by atoms with van der Waals surface area (Å²) in [6, 6.07) is 19.4. The van der Waals surface area contributed by atoms with Crippen LogP contribution in [0, 0.1) is 3.95 Å². The maximum Gasteiger partial charge on any atom is 0.240 e. The van der Waals surface area contributed by atoms with Crippen LogP contribution in [0.3, 0.4) is 0 Å². The van der Waals surface area contributed by atoms with Crippen molar-refractivity contribution >= 4 is 46.9 Å². The predicted octanol–water partition coefficient (Wildman–Crippen LogP) is 4.81. The monoisotopic (exact) mass is 387 g/mol. The maximum absolute atomic E-state index is 12.7. The van der Waals surface area contributed by atoms with Crippen molar-refractivity contribution in [3.63, 3.8) is 0 Å². The molecule has 0 unspecified atom stereocenters. The number of carbonyl (C=O) groups is 1. The van der Waals surface area contributed by atoms with Gasteiger partial charge >= 0.3 is 0 Å². The average molecular weight is 388 g/mol. The number of para-hydroxylation sites is 2. The number of aromatic nitrogens is 2. The van der Waals surface area contributed by atoms with Crippen LogP contribution in [0.4, 0.5) is 5.69 Å². The highest BCUT2D eigenvalue weighted by Crippen LogP contribution is 2.29. The molecule has 0 aliphatic carbocycles. The van der Waals surface area contributed by atoms with E-state index >= 15 is 0 Å². The van der Waals surface area contributed by atoms with Gasteiger partial charge in [-0.1, -0.05) is 59.5 Å². The molecule has 128 valence electrons. The van der Waals surface area contributed by atoms with E-state index < -0.39 is 0 Å². The van der Waals surface area contributed by atoms with Crippen LogP contribution in [-0.2, 0) is 4.79 Å². The quantitative estimate of drug-likeness (QED) is 0.465. The molecule has 0 saturated heterocycles. The molecule has 0 N–H and O–H groups in total. The van der Waals surface area contributed by atoms with Crippen LogP contribution in [0.5, 0.6) is 0 Å². The van der Waals surface area contributed by atoms with Crippen LogP contribution in [0.25, 0.3) is 5.69 Å². The van der Waals surface area contributed by atoms with Gasteiger partial charge in [-0.25, -0.2) is 4.68 Å². The molecule has 0 bridgehead atoms. The van der Waals surface area contributed by atoms with E-state index in [1.165, 1.54) is 23.1 Å². The molecule has 0 radical (unpaired) electrons. The first-order chi connectivity index (χ1) is 12.1. The molecule has 1 atom stereocenters. The van der Waals surface area contributed by atoms with Gasteiger partial charge in [0.25, 0.3) is 0 Å². The highest BCUT2D eigenvalue weighted by Gasteiger charge is 2.21. The molecule has 7 heteroatoms. The molecule has 1 amide bonds. The second kappa shape index (κ2) is 7.95. The van der Waals surface area contributed by atoms with Gasteiger partial charge in [0, 0.05) is 12.7 Å². The number of thioether (sulfide) groups is 1. The fraction of sp³-hybridized carbons (Fsp3) is 0.167. The van der Waals surface area contributed by atoms with E-state index in [0.29, 0.717) is 3.95 Å². The SMILES string of the molecule is C[C@@H](Sc1nn(-c2ccccc2)c(=S)s1)C(=O)N(C)c1ccccc1. The number of amides is 1. The lowest BCUT2D eigenvalue weighted by molar-refractivity contribution is -0.117. The largest absolute Gasteiger partial charge is 0.315 e. The first-order valence-corrected chi connectivity index (χ1v) is 9.81. The minimum absolute atomic E-state index is 0.0311. The Bertz CT molecular complexity index is 906. The van der Waals surface area contributed by atoms with Crippen LogP contribution < -0.4 is 4.90 Å². The summed E-state index contributed by atoms with van der Waals surface area (Å²) in [6.45, 7) is 1.89. The molecule has 0 fully saturated rings. The van der Waals surface area contributed by atoms with Crippen LogP contribution >= 0.6 is 35.3 Å². The van der Waals surface area contributed by atoms with E-state index in [-0.39, 0.29) is 11.2 Å². The van der Waals surface area contributed by atoms with E-state index in [4.69, 9.17) is 12.2 Å². The van der Waals surface area contributed by atoms with Crippen molar-refractivity contribution in [2.45, 2.75) is 16.5 Å². The molecule has 1 heterocycles. The molecule has 3 aromatic rings. The van der Waals surface area contributed by atoms with Crippen molar-refractivity contribution in [2.24, 2.45) is 0 Å². The third kappa shape index (κ3) is 4.18. The first kappa shape index (κ1) is 17.8. The van der Waals surface area contributed by atoms with Crippen molar-refractivity contribution in [3.8, 4) is 5.69 Å². The van der Waals surface area contributed by atoms with Gasteiger partial charge in [0.1, 0.15) is 0 Å². The molecule has 1 aromatic heterocycles. The van der Waals surface area contributed by atoms with Crippen molar-refractivity contribution in [3.05, 3.63) is 64.6 Å². The van der Waals surface area contributed by atoms with Crippen molar-refractivity contribution in [2.75, 3.05) is 11.9 Å². The number of hydrogen-bond donors (Lipinski definition) is 0. The third-order valence-corrected chi connectivity index (χ3v) is 6.03. The second-order valence-corrected chi connectivity index (χ2v) is 8.58. The zero-order valence-corrected chi connectivity index (χ0v) is 16.3. The Balaban J connectivity index is 1.74. The van der Waals surface area contributed by atoms with Crippen molar-refractivity contribution < 1.29 is 4.79 Å². The molecule has 2 aromatic carbocycles. The summed E-state index contributed by atoms with van der Waals surface area (Å²) in [7, 11) is 1.79. The van der Waals surface area contributed by atoms with Gasteiger partial charge in [-0.2, -0.15) is 0 Å². The van der Waals surface area contributed by atoms with E-state index in [1.807, 2.05) is 67.6 Å². The van der Waals surface area contributed by atoms with Crippen molar-refractivity contribution in [1.82, 2.24) is 9.78 Å².